The quantitative estimate of drug-likeness (QED) is 0.0754. The van der Waals surface area contributed by atoms with Crippen molar-refractivity contribution in [3.05, 3.63) is 35.4 Å². The number of ether oxygens (including phenoxy) is 10. The smallest absolute Gasteiger partial charge is 0.338 e. The molecular weight excluding hydrogens is 828 g/mol. The third kappa shape index (κ3) is 8.32. The predicted molar refractivity (Wildman–Crippen MR) is 195 cm³/mol. The number of phenols is 2. The summed E-state index contributed by atoms with van der Waals surface area (Å²) in [6, 6.07) is 4.38. The van der Waals surface area contributed by atoms with Gasteiger partial charge in [0.25, 0.3) is 0 Å². The van der Waals surface area contributed by atoms with Crippen LogP contribution in [0, 0.1) is 0 Å². The Kier molecular flexibility index (Phi) is 14.2. The van der Waals surface area contributed by atoms with Gasteiger partial charge in [0.1, 0.15) is 74.3 Å². The molecule has 0 aromatic heterocycles. The van der Waals surface area contributed by atoms with Crippen LogP contribution < -0.4 is 18.9 Å². The van der Waals surface area contributed by atoms with Crippen molar-refractivity contribution < 1.29 is 118 Å². The number of rotatable bonds is 15. The van der Waals surface area contributed by atoms with Gasteiger partial charge in [-0.1, -0.05) is 0 Å². The average molecular weight is 879 g/mol. The first-order valence-corrected chi connectivity index (χ1v) is 18.4. The first-order valence-electron chi connectivity index (χ1n) is 18.4. The molecule has 14 atom stereocenters. The van der Waals surface area contributed by atoms with E-state index in [1.807, 2.05) is 0 Å². The summed E-state index contributed by atoms with van der Waals surface area (Å²) in [6.07, 6.45) is -26.8. The third-order valence-electron chi connectivity index (χ3n) is 10.5. The standard InChI is InChI=1S/C37H50O24/c1-13(2)58-34-35(49,37(51)30(45)25(41)21(61-37)12-57-33(48)15-9-18(54-5)23(39)19(10-15)55-6)28(43)26(42)27(59-34)31(46)36(50)29(44)24(40)20(60-36)11-56-32(47)14-7-16(52-3)22(38)17(8-14)53-4/h7-10,13,20-21,24-31,34,38-46,49-51H,11-12H2,1-6H3/t20-,21-,24-,25-,26-,27+,28+,29-,30-,31?,34-,35-,36+,37+/m1/s1. The van der Waals surface area contributed by atoms with Gasteiger partial charge in [-0.15, -0.1) is 0 Å². The fraction of sp³-hybridized carbons (Fsp3) is 0.622. The Labute approximate surface area is 346 Å². The lowest BCUT2D eigenvalue weighted by Gasteiger charge is -2.55. The molecular formula is C37H50O24. The summed E-state index contributed by atoms with van der Waals surface area (Å²) < 4.78 is 52.4. The molecule has 0 bridgehead atoms. The topological polar surface area (TPSA) is 369 Å². The van der Waals surface area contributed by atoms with Gasteiger partial charge < -0.3 is 109 Å². The molecule has 0 saturated carbocycles. The maximum Gasteiger partial charge on any atom is 0.338 e. The van der Waals surface area contributed by atoms with Crippen LogP contribution in [0.15, 0.2) is 24.3 Å². The Morgan fingerprint density at radius 2 is 1.07 bits per heavy atom. The minimum absolute atomic E-state index is 0.163. The van der Waals surface area contributed by atoms with E-state index >= 15 is 0 Å². The molecule has 0 aliphatic carbocycles. The zero-order valence-corrected chi connectivity index (χ0v) is 33.4. The van der Waals surface area contributed by atoms with E-state index in [1.165, 1.54) is 42.3 Å². The summed E-state index contributed by atoms with van der Waals surface area (Å²) in [5, 5.41) is 133. The molecule has 3 heterocycles. The number of benzene rings is 2. The van der Waals surface area contributed by atoms with Crippen molar-refractivity contribution in [2.24, 2.45) is 0 Å². The van der Waals surface area contributed by atoms with Gasteiger partial charge in [0.05, 0.1) is 45.7 Å². The number of carbonyl (C=O) groups excluding carboxylic acids is 2. The van der Waals surface area contributed by atoms with Gasteiger partial charge in [-0.25, -0.2) is 9.59 Å². The van der Waals surface area contributed by atoms with E-state index in [9.17, 15) is 70.9 Å². The molecule has 0 radical (unpaired) electrons. The molecule has 0 spiro atoms. The molecule has 3 aliphatic rings. The fourth-order valence-corrected chi connectivity index (χ4v) is 7.15. The highest BCUT2D eigenvalue weighted by Crippen LogP contribution is 2.48. The van der Waals surface area contributed by atoms with E-state index in [1.54, 1.807) is 0 Å². The molecule has 61 heavy (non-hydrogen) atoms. The Morgan fingerprint density at radius 3 is 1.48 bits per heavy atom. The summed E-state index contributed by atoms with van der Waals surface area (Å²) in [4.78, 5) is 25.8. The summed E-state index contributed by atoms with van der Waals surface area (Å²) in [6.45, 7) is 0.926. The van der Waals surface area contributed by atoms with E-state index in [0.717, 1.165) is 24.3 Å². The first kappa shape index (κ1) is 47.7. The Morgan fingerprint density at radius 1 is 0.656 bits per heavy atom. The van der Waals surface area contributed by atoms with Crippen LogP contribution in [0.3, 0.4) is 0 Å². The molecule has 5 rings (SSSR count). The summed E-state index contributed by atoms with van der Waals surface area (Å²) in [5.74, 6) is -10.6. The summed E-state index contributed by atoms with van der Waals surface area (Å²) in [5.41, 5.74) is -3.94. The number of aliphatic hydroxyl groups excluding tert-OH is 7. The Hall–Kier alpha value is -4.38. The fourth-order valence-electron chi connectivity index (χ4n) is 7.15. The van der Waals surface area contributed by atoms with Crippen molar-refractivity contribution in [2.75, 3.05) is 41.7 Å². The largest absolute Gasteiger partial charge is 0.502 e. The Balaban J connectivity index is 1.33. The van der Waals surface area contributed by atoms with E-state index in [-0.39, 0.29) is 34.1 Å². The van der Waals surface area contributed by atoms with Crippen LogP contribution in [0.2, 0.25) is 0 Å². The second-order valence-electron chi connectivity index (χ2n) is 14.6. The van der Waals surface area contributed by atoms with Gasteiger partial charge >= 0.3 is 11.9 Å². The second kappa shape index (κ2) is 18.1. The van der Waals surface area contributed by atoms with Crippen LogP contribution >= 0.6 is 0 Å². The number of aliphatic hydroxyl groups is 10. The van der Waals surface area contributed by atoms with Crippen molar-refractivity contribution in [2.45, 2.75) is 104 Å². The lowest BCUT2D eigenvalue weighted by Crippen LogP contribution is -2.80. The number of hydrogen-bond donors (Lipinski definition) is 12. The van der Waals surface area contributed by atoms with Crippen LogP contribution in [0.5, 0.6) is 34.5 Å². The molecule has 3 aliphatic heterocycles. The zero-order chi connectivity index (χ0) is 45.5. The first-order chi connectivity index (χ1) is 28.5. The van der Waals surface area contributed by atoms with E-state index in [4.69, 9.17) is 47.4 Å². The number of methoxy groups -OCH3 is 4. The molecule has 1 unspecified atom stereocenters. The second-order valence-corrected chi connectivity index (χ2v) is 14.6. The van der Waals surface area contributed by atoms with Crippen LogP contribution in [0.1, 0.15) is 34.6 Å². The van der Waals surface area contributed by atoms with E-state index in [0.29, 0.717) is 0 Å². The van der Waals surface area contributed by atoms with E-state index in [2.05, 4.69) is 0 Å². The minimum atomic E-state index is -3.54. The lowest BCUT2D eigenvalue weighted by molar-refractivity contribution is -0.441. The number of hydrogen-bond acceptors (Lipinski definition) is 24. The van der Waals surface area contributed by atoms with Gasteiger partial charge in [-0.2, -0.15) is 0 Å². The number of esters is 2. The number of aromatic hydroxyl groups is 2. The van der Waals surface area contributed by atoms with Gasteiger partial charge in [0, 0.05) is 0 Å². The van der Waals surface area contributed by atoms with Gasteiger partial charge in [-0.3, -0.25) is 0 Å². The highest BCUT2D eigenvalue weighted by atomic mass is 16.7. The monoisotopic (exact) mass is 878 g/mol. The SMILES string of the molecule is COc1cc(C(=O)OC[C@H]2O[C@](O)([C@]3(O)[C@H](OC(C)C)O[C@H](C(O)[C@@]4(O)O[C@H](COC(=O)c5cc(OC)c(O)c(OC)c5)[C@@H](O)[C@H]4O)[C@@H](O)[C@@H]3O)[C@H](O)[C@@H]2O)cc(OC)c1O. The highest BCUT2D eigenvalue weighted by Gasteiger charge is 2.75. The molecule has 2 aromatic rings. The maximum absolute atomic E-state index is 12.9. The molecule has 24 nitrogen and oxygen atoms in total. The third-order valence-corrected chi connectivity index (χ3v) is 10.5. The van der Waals surface area contributed by atoms with Crippen LogP contribution in [-0.4, -0.2) is 205 Å². The minimum Gasteiger partial charge on any atom is -0.502 e. The van der Waals surface area contributed by atoms with Crippen molar-refractivity contribution in [3.63, 3.8) is 0 Å². The van der Waals surface area contributed by atoms with Crippen molar-refractivity contribution in [3.8, 4) is 34.5 Å². The van der Waals surface area contributed by atoms with Crippen LogP contribution in [0.25, 0.3) is 0 Å². The average Bonchev–Trinajstić information content (AvgIpc) is 3.60. The maximum atomic E-state index is 12.9. The summed E-state index contributed by atoms with van der Waals surface area (Å²) >= 11 is 0. The molecule has 3 saturated heterocycles. The van der Waals surface area contributed by atoms with Gasteiger partial charge in [0.15, 0.2) is 29.3 Å². The van der Waals surface area contributed by atoms with Crippen molar-refractivity contribution >= 4 is 11.9 Å². The summed E-state index contributed by atoms with van der Waals surface area (Å²) in [7, 11) is 4.81. The lowest BCUT2D eigenvalue weighted by atomic mass is 9.75. The van der Waals surface area contributed by atoms with E-state index < -0.39 is 127 Å². The van der Waals surface area contributed by atoms with Crippen molar-refractivity contribution in [1.29, 1.82) is 0 Å². The molecule has 3 fully saturated rings. The zero-order valence-electron chi connectivity index (χ0n) is 33.4. The normalized spacial score (nSPS) is 35.4. The van der Waals surface area contributed by atoms with Gasteiger partial charge in [0.2, 0.25) is 28.7 Å². The number of carbonyl (C=O) groups is 2. The Bertz CT molecular complexity index is 1840. The molecule has 342 valence electrons. The molecule has 24 heteroatoms. The van der Waals surface area contributed by atoms with Gasteiger partial charge in [-0.05, 0) is 38.1 Å². The predicted octanol–water partition coefficient (Wildman–Crippen LogP) is -4.27. The number of phenolic OH excluding ortho intramolecular Hbond substituents is 2. The van der Waals surface area contributed by atoms with Crippen molar-refractivity contribution in [1.82, 2.24) is 0 Å². The molecule has 12 N–H and O–H groups in total. The highest BCUT2D eigenvalue weighted by molar-refractivity contribution is 5.91. The van der Waals surface area contributed by atoms with Crippen LogP contribution in [0.4, 0.5) is 0 Å². The molecule has 0 amide bonds. The van der Waals surface area contributed by atoms with Crippen LogP contribution in [-0.2, 0) is 28.4 Å². The molecule has 2 aromatic carbocycles.